The maximum atomic E-state index is 12.0. The number of hydrogen-bond acceptors (Lipinski definition) is 2. The Bertz CT molecular complexity index is 1030. The Morgan fingerprint density at radius 1 is 1.06 bits per heavy atom. The van der Waals surface area contributed by atoms with E-state index in [2.05, 4.69) is 19.9 Å². The fraction of sp³-hybridized carbons (Fsp3) is 0.733. The number of aliphatic hydroxyl groups is 2. The van der Waals surface area contributed by atoms with E-state index in [0.29, 0.717) is 17.8 Å². The molecular formula is C30H44O2. The molecule has 2 nitrogen and oxygen atoms in total. The van der Waals surface area contributed by atoms with Gasteiger partial charge >= 0.3 is 0 Å². The molecule has 3 saturated carbocycles. The molecule has 0 saturated heterocycles. The van der Waals surface area contributed by atoms with Crippen LogP contribution in [-0.4, -0.2) is 21.9 Å². The summed E-state index contributed by atoms with van der Waals surface area (Å²) in [6, 6.07) is 6.92. The molecule has 0 spiro atoms. The lowest BCUT2D eigenvalue weighted by Crippen LogP contribution is -2.53. The molecule has 3 fully saturated rings. The zero-order chi connectivity index (χ0) is 26.3. The second-order valence-electron chi connectivity index (χ2n) is 12.1. The molecule has 8 atom stereocenters. The van der Waals surface area contributed by atoms with Gasteiger partial charge in [0.25, 0.3) is 0 Å². The zero-order valence-corrected chi connectivity index (χ0v) is 20.3. The molecular weight excluding hydrogens is 392 g/mol. The lowest BCUT2D eigenvalue weighted by atomic mass is 9.46. The van der Waals surface area contributed by atoms with Crippen molar-refractivity contribution in [3.05, 3.63) is 47.0 Å². The van der Waals surface area contributed by atoms with Crippen LogP contribution in [0.1, 0.15) is 95.1 Å². The van der Waals surface area contributed by atoms with Gasteiger partial charge in [0.15, 0.2) is 0 Å². The van der Waals surface area contributed by atoms with E-state index in [1.165, 1.54) is 5.57 Å². The van der Waals surface area contributed by atoms with Crippen LogP contribution in [0.4, 0.5) is 0 Å². The van der Waals surface area contributed by atoms with Crippen LogP contribution in [0, 0.1) is 41.4 Å². The lowest BCUT2D eigenvalue weighted by molar-refractivity contribution is -0.104. The van der Waals surface area contributed by atoms with Gasteiger partial charge in [0.05, 0.1) is 11.7 Å². The number of aryl methyl sites for hydroxylation is 2. The highest BCUT2D eigenvalue weighted by molar-refractivity contribution is 5.26. The number of hydrogen-bond donors (Lipinski definition) is 2. The van der Waals surface area contributed by atoms with Crippen LogP contribution in [-0.2, 0) is 6.37 Å². The first kappa shape index (κ1) is 18.2. The van der Waals surface area contributed by atoms with Crippen LogP contribution in [0.3, 0.4) is 0 Å². The molecule has 0 aliphatic heterocycles. The Balaban J connectivity index is 1.45. The topological polar surface area (TPSA) is 40.5 Å². The Morgan fingerprint density at radius 2 is 1.81 bits per heavy atom. The highest BCUT2D eigenvalue weighted by Crippen LogP contribution is 2.67. The Hall–Kier alpha value is -1.12. The summed E-state index contributed by atoms with van der Waals surface area (Å²) in [6.45, 7) is 8.15. The molecule has 2 heteroatoms. The fourth-order valence-electron chi connectivity index (χ4n) is 8.49. The molecule has 0 heterocycles. The summed E-state index contributed by atoms with van der Waals surface area (Å²) < 4.78 is 35.8. The predicted octanol–water partition coefficient (Wildman–Crippen LogP) is 6.62. The van der Waals surface area contributed by atoms with Gasteiger partial charge in [0.1, 0.15) is 0 Å². The number of benzene rings is 1. The second-order valence-corrected chi connectivity index (χ2v) is 12.1. The minimum atomic E-state index is -2.46. The third kappa shape index (κ3) is 3.61. The van der Waals surface area contributed by atoms with Crippen molar-refractivity contribution in [3.63, 3.8) is 0 Å². The summed E-state index contributed by atoms with van der Waals surface area (Å²) in [5, 5.41) is 22.3. The number of rotatable bonds is 4. The van der Waals surface area contributed by atoms with E-state index >= 15 is 0 Å². The van der Waals surface area contributed by atoms with Crippen molar-refractivity contribution in [2.45, 2.75) is 104 Å². The van der Waals surface area contributed by atoms with Crippen LogP contribution in [0.15, 0.2) is 35.9 Å². The molecule has 4 aliphatic carbocycles. The van der Waals surface area contributed by atoms with E-state index in [1.807, 2.05) is 19.1 Å². The summed E-state index contributed by atoms with van der Waals surface area (Å²) in [7, 11) is 0. The van der Waals surface area contributed by atoms with Crippen molar-refractivity contribution in [1.82, 2.24) is 0 Å². The van der Waals surface area contributed by atoms with Crippen molar-refractivity contribution in [2.24, 2.45) is 34.5 Å². The monoisotopic (exact) mass is 440 g/mol. The van der Waals surface area contributed by atoms with Crippen LogP contribution in [0.25, 0.3) is 0 Å². The molecule has 32 heavy (non-hydrogen) atoms. The molecule has 1 aromatic carbocycles. The van der Waals surface area contributed by atoms with Gasteiger partial charge in [0, 0.05) is 5.48 Å². The highest BCUT2D eigenvalue weighted by atomic mass is 16.3. The minimum absolute atomic E-state index is 0.141. The Labute approximate surface area is 201 Å². The van der Waals surface area contributed by atoms with Gasteiger partial charge in [-0.1, -0.05) is 55.3 Å². The first-order chi connectivity index (χ1) is 16.7. The second kappa shape index (κ2) is 7.98. The van der Waals surface area contributed by atoms with Gasteiger partial charge in [-0.25, -0.2) is 0 Å². The summed E-state index contributed by atoms with van der Waals surface area (Å²) in [5.41, 5.74) is 0.815. The predicted molar refractivity (Wildman–Crippen MR) is 131 cm³/mol. The van der Waals surface area contributed by atoms with E-state index in [4.69, 9.17) is 5.48 Å². The standard InChI is InChI=1S/C30H44O2/c1-20-5-7-21(8-6-20)13-18-30(4,32)27-12-11-25-24-10-9-22-19-23(31)14-16-28(22,2)26(24)15-17-29(25,27)3/h5-9,23-27,31-32H,10-19H2,1-4H3/t23-,24-,25-,26-,27-,28-,29-,30+/m0/s1/i13D2,18D2. The van der Waals surface area contributed by atoms with Crippen molar-refractivity contribution in [1.29, 1.82) is 0 Å². The summed E-state index contributed by atoms with van der Waals surface area (Å²) >= 11 is 0. The largest absolute Gasteiger partial charge is 0.393 e. The molecule has 1 aromatic rings. The average Bonchev–Trinajstić information content (AvgIpc) is 3.17. The quantitative estimate of drug-likeness (QED) is 0.517. The summed E-state index contributed by atoms with van der Waals surface area (Å²) in [6.07, 6.45) is 4.79. The van der Waals surface area contributed by atoms with Gasteiger partial charge in [-0.05, 0) is 118 Å². The Kier molecular flexibility index (Phi) is 4.55. The van der Waals surface area contributed by atoms with Crippen molar-refractivity contribution < 1.29 is 15.7 Å². The van der Waals surface area contributed by atoms with Crippen molar-refractivity contribution in [3.8, 4) is 0 Å². The smallest absolute Gasteiger partial charge is 0.0656 e. The SMILES string of the molecule is [2H]C([2H])(c1ccc(C)cc1)C([2H])([2H])[C@@](C)(O)[C@H]1CC[C@H]2[C@@H]3CC=C4C[C@@H](O)CC[C@]4(C)[C@H]3CC[C@@]21C. The maximum Gasteiger partial charge on any atom is 0.0656 e. The van der Waals surface area contributed by atoms with Crippen LogP contribution in [0.5, 0.6) is 0 Å². The molecule has 2 N–H and O–H groups in total. The van der Waals surface area contributed by atoms with Crippen LogP contribution < -0.4 is 0 Å². The summed E-state index contributed by atoms with van der Waals surface area (Å²) in [5.74, 6) is 1.17. The first-order valence-corrected chi connectivity index (χ1v) is 12.8. The van der Waals surface area contributed by atoms with Gasteiger partial charge in [0.2, 0.25) is 0 Å². The van der Waals surface area contributed by atoms with Gasteiger partial charge in [-0.3, -0.25) is 0 Å². The molecule has 5 rings (SSSR count). The average molecular weight is 441 g/mol. The van der Waals surface area contributed by atoms with E-state index < -0.39 is 18.3 Å². The summed E-state index contributed by atoms with van der Waals surface area (Å²) in [4.78, 5) is 0. The highest BCUT2D eigenvalue weighted by Gasteiger charge is 2.61. The van der Waals surface area contributed by atoms with Gasteiger partial charge in [-0.15, -0.1) is 0 Å². The fourth-order valence-corrected chi connectivity index (χ4v) is 8.49. The molecule has 0 radical (unpaired) electrons. The van der Waals surface area contributed by atoms with Gasteiger partial charge < -0.3 is 10.2 Å². The first-order valence-electron chi connectivity index (χ1n) is 14.8. The van der Waals surface area contributed by atoms with E-state index in [-0.39, 0.29) is 28.4 Å². The third-order valence-corrected chi connectivity index (χ3v) is 10.3. The van der Waals surface area contributed by atoms with Crippen molar-refractivity contribution in [2.75, 3.05) is 0 Å². The van der Waals surface area contributed by atoms with Crippen LogP contribution >= 0.6 is 0 Å². The molecule has 0 aromatic heterocycles. The molecule has 176 valence electrons. The van der Waals surface area contributed by atoms with E-state index in [1.54, 1.807) is 19.1 Å². The normalized spacial score (nSPS) is 45.7. The van der Waals surface area contributed by atoms with E-state index in [9.17, 15) is 10.2 Å². The van der Waals surface area contributed by atoms with Crippen LogP contribution in [0.2, 0.25) is 0 Å². The van der Waals surface area contributed by atoms with E-state index in [0.717, 1.165) is 56.9 Å². The lowest BCUT2D eigenvalue weighted by Gasteiger charge is -2.59. The van der Waals surface area contributed by atoms with Crippen molar-refractivity contribution >= 4 is 0 Å². The molecule has 4 aliphatic rings. The number of allylic oxidation sites excluding steroid dienone is 1. The zero-order valence-electron chi connectivity index (χ0n) is 24.3. The molecule has 0 bridgehead atoms. The van der Waals surface area contributed by atoms with Gasteiger partial charge in [-0.2, -0.15) is 0 Å². The molecule has 0 amide bonds. The third-order valence-electron chi connectivity index (χ3n) is 10.3. The number of fused-ring (bicyclic) bond motifs is 5. The molecule has 0 unspecified atom stereocenters. The maximum absolute atomic E-state index is 12.0. The minimum Gasteiger partial charge on any atom is -0.393 e. The Morgan fingerprint density at radius 3 is 2.56 bits per heavy atom. The number of aliphatic hydroxyl groups excluding tert-OH is 1.